The zero-order valence-electron chi connectivity index (χ0n) is 12.9. The zero-order chi connectivity index (χ0) is 14.4. The number of nitrogens with zero attached hydrogens (tertiary/aromatic N) is 1. The van der Waals surface area contributed by atoms with Crippen LogP contribution in [-0.2, 0) is 4.43 Å². The van der Waals surface area contributed by atoms with Gasteiger partial charge in [-0.3, -0.25) is 0 Å². The molecule has 0 saturated heterocycles. The number of hydrogen-bond acceptors (Lipinski definition) is 2. The maximum atomic E-state index is 9.36. The lowest BCUT2D eigenvalue weighted by molar-refractivity contribution is 0.182. The van der Waals surface area contributed by atoms with Crippen molar-refractivity contribution < 1.29 is 4.43 Å². The van der Waals surface area contributed by atoms with Gasteiger partial charge in [0.1, 0.15) is 6.10 Å². The summed E-state index contributed by atoms with van der Waals surface area (Å²) < 4.78 is 6.21. The molecule has 2 atom stereocenters. The molecule has 18 heavy (non-hydrogen) atoms. The first kappa shape index (κ1) is 17.4. The SMILES string of the molecule is C=C[C@H](CCCC)[C@H](C#N)O[Si](C)(C)C(C)(C)C. The molecule has 0 aromatic rings. The summed E-state index contributed by atoms with van der Waals surface area (Å²) in [6.07, 6.45) is 4.80. The first-order valence-corrected chi connectivity index (χ1v) is 9.80. The zero-order valence-corrected chi connectivity index (χ0v) is 13.9. The van der Waals surface area contributed by atoms with Crippen molar-refractivity contribution in [3.8, 4) is 6.07 Å². The van der Waals surface area contributed by atoms with Crippen LogP contribution in [-0.4, -0.2) is 14.4 Å². The lowest BCUT2D eigenvalue weighted by Crippen LogP contribution is -2.45. The molecule has 0 aliphatic carbocycles. The average Bonchev–Trinajstić information content (AvgIpc) is 2.26. The molecule has 0 aliphatic rings. The molecule has 0 spiro atoms. The van der Waals surface area contributed by atoms with Crippen LogP contribution >= 0.6 is 0 Å². The third-order valence-corrected chi connectivity index (χ3v) is 8.39. The summed E-state index contributed by atoms with van der Waals surface area (Å²) >= 11 is 0. The van der Waals surface area contributed by atoms with Crippen molar-refractivity contribution in [3.05, 3.63) is 12.7 Å². The minimum absolute atomic E-state index is 0.137. The predicted octanol–water partition coefficient (Wildman–Crippen LogP) is 4.89. The normalized spacial score (nSPS) is 15.8. The van der Waals surface area contributed by atoms with Crippen molar-refractivity contribution >= 4 is 8.32 Å². The van der Waals surface area contributed by atoms with Gasteiger partial charge in [0.25, 0.3) is 0 Å². The third-order valence-electron chi connectivity index (χ3n) is 3.94. The van der Waals surface area contributed by atoms with E-state index in [1.807, 2.05) is 6.08 Å². The van der Waals surface area contributed by atoms with Crippen molar-refractivity contribution in [2.24, 2.45) is 5.92 Å². The minimum Gasteiger partial charge on any atom is -0.401 e. The highest BCUT2D eigenvalue weighted by Gasteiger charge is 2.40. The fourth-order valence-electron chi connectivity index (χ4n) is 1.54. The highest BCUT2D eigenvalue weighted by molar-refractivity contribution is 6.74. The van der Waals surface area contributed by atoms with Gasteiger partial charge in [-0.1, -0.05) is 46.6 Å². The van der Waals surface area contributed by atoms with E-state index in [2.05, 4.69) is 53.4 Å². The number of nitriles is 1. The first-order chi connectivity index (χ1) is 8.19. The van der Waals surface area contributed by atoms with Crippen LogP contribution in [0.25, 0.3) is 0 Å². The molecule has 0 aromatic carbocycles. The van der Waals surface area contributed by atoms with Gasteiger partial charge >= 0.3 is 0 Å². The Hall–Kier alpha value is -0.593. The molecular formula is C15H29NOSi. The van der Waals surface area contributed by atoms with Crippen molar-refractivity contribution in [2.45, 2.75) is 71.2 Å². The molecule has 0 radical (unpaired) electrons. The summed E-state index contributed by atoms with van der Waals surface area (Å²) in [6.45, 7) is 17.0. The Kier molecular flexibility index (Phi) is 6.87. The second-order valence-electron chi connectivity index (χ2n) is 6.47. The molecule has 0 saturated carbocycles. The van der Waals surface area contributed by atoms with Crippen LogP contribution in [0.5, 0.6) is 0 Å². The second kappa shape index (κ2) is 7.11. The maximum absolute atomic E-state index is 9.36. The first-order valence-electron chi connectivity index (χ1n) is 6.89. The van der Waals surface area contributed by atoms with Gasteiger partial charge < -0.3 is 4.43 Å². The molecule has 0 aromatic heterocycles. The van der Waals surface area contributed by atoms with E-state index >= 15 is 0 Å². The van der Waals surface area contributed by atoms with Crippen molar-refractivity contribution in [3.63, 3.8) is 0 Å². The highest BCUT2D eigenvalue weighted by atomic mass is 28.4. The number of rotatable bonds is 7. The van der Waals surface area contributed by atoms with E-state index < -0.39 is 8.32 Å². The summed E-state index contributed by atoms with van der Waals surface area (Å²) in [5.41, 5.74) is 0. The Balaban J connectivity index is 4.79. The quantitative estimate of drug-likeness (QED) is 0.486. The summed E-state index contributed by atoms with van der Waals surface area (Å²) in [5.74, 6) is 0.157. The Bertz CT molecular complexity index is 299. The predicted molar refractivity (Wildman–Crippen MR) is 80.9 cm³/mol. The number of hydrogen-bond donors (Lipinski definition) is 0. The fraction of sp³-hybridized carbons (Fsp3) is 0.800. The molecule has 0 heterocycles. The summed E-state index contributed by atoms with van der Waals surface area (Å²) in [7, 11) is -1.88. The van der Waals surface area contributed by atoms with Crippen molar-refractivity contribution in [2.75, 3.05) is 0 Å². The van der Waals surface area contributed by atoms with E-state index in [1.54, 1.807) is 0 Å². The molecular weight excluding hydrogens is 238 g/mol. The lowest BCUT2D eigenvalue weighted by atomic mass is 9.97. The van der Waals surface area contributed by atoms with Crippen molar-refractivity contribution in [1.82, 2.24) is 0 Å². The van der Waals surface area contributed by atoms with E-state index in [4.69, 9.17) is 4.43 Å². The van der Waals surface area contributed by atoms with Gasteiger partial charge in [0, 0.05) is 5.92 Å². The van der Waals surface area contributed by atoms with E-state index in [9.17, 15) is 5.26 Å². The van der Waals surface area contributed by atoms with Gasteiger partial charge in [-0.25, -0.2) is 0 Å². The van der Waals surface area contributed by atoms with Gasteiger partial charge in [0.15, 0.2) is 8.32 Å². The van der Waals surface area contributed by atoms with Crippen LogP contribution in [0.2, 0.25) is 18.1 Å². The molecule has 104 valence electrons. The third kappa shape index (κ3) is 4.95. The molecule has 0 N–H and O–H groups in total. The Morgan fingerprint density at radius 3 is 2.28 bits per heavy atom. The fourth-order valence-corrected chi connectivity index (χ4v) is 2.75. The van der Waals surface area contributed by atoms with E-state index in [1.165, 1.54) is 0 Å². The van der Waals surface area contributed by atoms with Crippen LogP contribution in [0.4, 0.5) is 0 Å². The van der Waals surface area contributed by atoms with Crippen LogP contribution in [0.15, 0.2) is 12.7 Å². The Labute approximate surface area is 114 Å². The summed E-state index contributed by atoms with van der Waals surface area (Å²) in [6, 6.07) is 2.33. The van der Waals surface area contributed by atoms with Gasteiger partial charge in [-0.15, -0.1) is 6.58 Å². The molecule has 0 bridgehead atoms. The van der Waals surface area contributed by atoms with Crippen molar-refractivity contribution in [1.29, 1.82) is 5.26 Å². The standard InChI is InChI=1S/C15H29NOSi/c1-8-10-11-13(9-2)14(12-16)17-18(6,7)15(3,4)5/h9,13-14H,2,8,10-11H2,1,3-7H3/t13-,14+/m1/s1. The molecule has 0 unspecified atom stereocenters. The largest absolute Gasteiger partial charge is 0.401 e. The maximum Gasteiger partial charge on any atom is 0.193 e. The van der Waals surface area contributed by atoms with E-state index in [0.29, 0.717) is 0 Å². The van der Waals surface area contributed by atoms with Gasteiger partial charge in [-0.05, 0) is 24.6 Å². The lowest BCUT2D eigenvalue weighted by Gasteiger charge is -2.39. The van der Waals surface area contributed by atoms with Gasteiger partial charge in [-0.2, -0.15) is 5.26 Å². The number of unbranched alkanes of at least 4 members (excludes halogenated alkanes) is 1. The molecule has 0 aliphatic heterocycles. The summed E-state index contributed by atoms with van der Waals surface area (Å²) in [5, 5.41) is 9.49. The summed E-state index contributed by atoms with van der Waals surface area (Å²) in [4.78, 5) is 0. The Morgan fingerprint density at radius 1 is 1.39 bits per heavy atom. The van der Waals surface area contributed by atoms with Gasteiger partial charge in [0.05, 0.1) is 6.07 Å². The minimum atomic E-state index is -1.88. The second-order valence-corrected chi connectivity index (χ2v) is 11.2. The molecule has 0 rings (SSSR count). The molecule has 3 heteroatoms. The topological polar surface area (TPSA) is 33.0 Å². The molecule has 2 nitrogen and oxygen atoms in total. The Morgan fingerprint density at radius 2 is 1.94 bits per heavy atom. The highest BCUT2D eigenvalue weighted by Crippen LogP contribution is 2.38. The molecule has 0 fully saturated rings. The molecule has 0 amide bonds. The van der Waals surface area contributed by atoms with Crippen LogP contribution < -0.4 is 0 Å². The smallest absolute Gasteiger partial charge is 0.193 e. The average molecular weight is 267 g/mol. The van der Waals surface area contributed by atoms with Crippen LogP contribution in [0.1, 0.15) is 47.0 Å². The van der Waals surface area contributed by atoms with E-state index in [-0.39, 0.29) is 17.1 Å². The van der Waals surface area contributed by atoms with Crippen LogP contribution in [0.3, 0.4) is 0 Å². The monoisotopic (exact) mass is 267 g/mol. The van der Waals surface area contributed by atoms with Crippen LogP contribution in [0, 0.1) is 17.2 Å². The van der Waals surface area contributed by atoms with E-state index in [0.717, 1.165) is 19.3 Å². The van der Waals surface area contributed by atoms with Gasteiger partial charge in [0.2, 0.25) is 0 Å².